The summed E-state index contributed by atoms with van der Waals surface area (Å²) in [7, 11) is 2.12. The minimum Gasteiger partial charge on any atom is -0.382 e. The normalized spacial score (nSPS) is 19.8. The van der Waals surface area contributed by atoms with E-state index in [0.29, 0.717) is 16.7 Å². The molecule has 0 aromatic carbocycles. The Kier molecular flexibility index (Phi) is 4.03. The lowest BCUT2D eigenvalue weighted by atomic mass is 10.3. The van der Waals surface area contributed by atoms with Gasteiger partial charge in [0.15, 0.2) is 5.13 Å². The van der Waals surface area contributed by atoms with Crippen molar-refractivity contribution in [2.24, 2.45) is 0 Å². The highest BCUT2D eigenvalue weighted by molar-refractivity contribution is 7.18. The maximum absolute atomic E-state index is 12.6. The smallest absolute Gasteiger partial charge is 0.268 e. The zero-order chi connectivity index (χ0) is 15.0. The molecule has 1 aromatic heterocycles. The van der Waals surface area contributed by atoms with Crippen molar-refractivity contribution >= 4 is 28.2 Å². The average Bonchev–Trinajstić information content (AvgIpc) is 3.22. The molecule has 0 atom stereocenters. The summed E-state index contributed by atoms with van der Waals surface area (Å²) in [6.07, 6.45) is 2.23. The van der Waals surface area contributed by atoms with Crippen LogP contribution < -0.4 is 10.6 Å². The zero-order valence-electron chi connectivity index (χ0n) is 12.7. The fourth-order valence-corrected chi connectivity index (χ4v) is 3.68. The van der Waals surface area contributed by atoms with Crippen LogP contribution >= 0.6 is 11.3 Å². The number of rotatable bonds is 4. The minimum atomic E-state index is 0.0513. The van der Waals surface area contributed by atoms with Crippen LogP contribution in [0.15, 0.2) is 0 Å². The maximum atomic E-state index is 12.6. The number of carbonyl (C=O) groups is 1. The second-order valence-electron chi connectivity index (χ2n) is 5.82. The summed E-state index contributed by atoms with van der Waals surface area (Å²) >= 11 is 1.44. The van der Waals surface area contributed by atoms with E-state index in [9.17, 15) is 4.79 Å². The molecule has 1 saturated heterocycles. The Morgan fingerprint density at radius 1 is 1.38 bits per heavy atom. The second kappa shape index (κ2) is 5.81. The van der Waals surface area contributed by atoms with Crippen molar-refractivity contribution in [1.82, 2.24) is 14.8 Å². The van der Waals surface area contributed by atoms with Gasteiger partial charge in [-0.3, -0.25) is 4.79 Å². The lowest BCUT2D eigenvalue weighted by molar-refractivity contribution is 0.0758. The topological polar surface area (TPSA) is 65.7 Å². The van der Waals surface area contributed by atoms with E-state index in [-0.39, 0.29) is 5.91 Å². The van der Waals surface area contributed by atoms with Crippen LogP contribution in [0.3, 0.4) is 0 Å². The summed E-state index contributed by atoms with van der Waals surface area (Å²) in [4.78, 5) is 24.1. The van der Waals surface area contributed by atoms with Crippen molar-refractivity contribution < 1.29 is 4.79 Å². The van der Waals surface area contributed by atoms with E-state index < -0.39 is 0 Å². The number of hydrogen-bond acceptors (Lipinski definition) is 6. The van der Waals surface area contributed by atoms with Gasteiger partial charge in [0.05, 0.1) is 0 Å². The molecule has 1 aliphatic heterocycles. The number of nitrogens with zero attached hydrogens (tertiary/aromatic N) is 4. The number of anilines is 2. The predicted molar refractivity (Wildman–Crippen MR) is 86.0 cm³/mol. The molecule has 2 heterocycles. The van der Waals surface area contributed by atoms with Crippen molar-refractivity contribution in [3.63, 3.8) is 0 Å². The number of aromatic nitrogens is 1. The molecule has 6 nitrogen and oxygen atoms in total. The van der Waals surface area contributed by atoms with Gasteiger partial charge >= 0.3 is 0 Å². The highest BCUT2D eigenvalue weighted by Crippen LogP contribution is 2.33. The van der Waals surface area contributed by atoms with Crippen LogP contribution in [0.25, 0.3) is 0 Å². The first-order chi connectivity index (χ1) is 10.1. The second-order valence-corrected chi connectivity index (χ2v) is 6.80. The molecular formula is C14H23N5OS. The third kappa shape index (κ3) is 2.98. The Labute approximate surface area is 129 Å². The van der Waals surface area contributed by atoms with Gasteiger partial charge in [-0.05, 0) is 26.8 Å². The maximum Gasteiger partial charge on any atom is 0.268 e. The van der Waals surface area contributed by atoms with Gasteiger partial charge in [-0.1, -0.05) is 11.3 Å². The number of likely N-dealkylation sites (N-methyl/N-ethyl adjacent to an activating group) is 1. The Hall–Kier alpha value is -1.34. The van der Waals surface area contributed by atoms with Crippen LogP contribution in [-0.2, 0) is 0 Å². The molecule has 1 saturated carbocycles. The molecule has 0 bridgehead atoms. The van der Waals surface area contributed by atoms with Crippen LogP contribution in [0.2, 0.25) is 0 Å². The SMILES string of the molecule is CCN(C(=O)c1sc(N2CCN(C)CC2)nc1N)C1CC1. The van der Waals surface area contributed by atoms with Gasteiger partial charge in [0.25, 0.3) is 5.91 Å². The highest BCUT2D eigenvalue weighted by atomic mass is 32.1. The fraction of sp³-hybridized carbons (Fsp3) is 0.714. The van der Waals surface area contributed by atoms with E-state index >= 15 is 0 Å². The summed E-state index contributed by atoms with van der Waals surface area (Å²) in [5.74, 6) is 0.438. The van der Waals surface area contributed by atoms with Gasteiger partial charge in [-0.25, -0.2) is 4.98 Å². The summed E-state index contributed by atoms with van der Waals surface area (Å²) in [5, 5.41) is 0.885. The third-order valence-corrected chi connectivity index (χ3v) is 5.32. The number of hydrogen-bond donors (Lipinski definition) is 1. The minimum absolute atomic E-state index is 0.0513. The van der Waals surface area contributed by atoms with Crippen molar-refractivity contribution in [1.29, 1.82) is 0 Å². The quantitative estimate of drug-likeness (QED) is 0.902. The van der Waals surface area contributed by atoms with E-state index in [1.807, 2.05) is 11.8 Å². The van der Waals surface area contributed by atoms with Crippen LogP contribution in [0, 0.1) is 0 Å². The third-order valence-electron chi connectivity index (χ3n) is 4.20. The number of nitrogen functional groups attached to an aromatic ring is 1. The lowest BCUT2D eigenvalue weighted by Crippen LogP contribution is -2.44. The molecule has 2 aliphatic rings. The van der Waals surface area contributed by atoms with E-state index in [1.54, 1.807) is 0 Å². The van der Waals surface area contributed by atoms with Crippen molar-refractivity contribution in [3.05, 3.63) is 4.88 Å². The molecule has 1 amide bonds. The Morgan fingerprint density at radius 2 is 2.05 bits per heavy atom. The van der Waals surface area contributed by atoms with E-state index in [2.05, 4.69) is 21.8 Å². The summed E-state index contributed by atoms with van der Waals surface area (Å²) in [5.41, 5.74) is 6.00. The number of nitrogens with two attached hydrogens (primary N) is 1. The Balaban J connectivity index is 1.76. The molecule has 21 heavy (non-hydrogen) atoms. The number of amides is 1. The number of carbonyl (C=O) groups excluding carboxylic acids is 1. The van der Waals surface area contributed by atoms with Gasteiger partial charge in [-0.2, -0.15) is 0 Å². The lowest BCUT2D eigenvalue weighted by Gasteiger charge is -2.32. The largest absolute Gasteiger partial charge is 0.382 e. The molecule has 1 aromatic rings. The van der Waals surface area contributed by atoms with Gasteiger partial charge in [-0.15, -0.1) is 0 Å². The van der Waals surface area contributed by atoms with Crippen molar-refractivity contribution in [2.75, 3.05) is 50.4 Å². The van der Waals surface area contributed by atoms with E-state index in [4.69, 9.17) is 5.73 Å². The van der Waals surface area contributed by atoms with Crippen LogP contribution in [0.4, 0.5) is 10.9 Å². The highest BCUT2D eigenvalue weighted by Gasteiger charge is 2.34. The standard InChI is InChI=1S/C14H23N5OS/c1-3-19(10-4-5-10)13(20)11-12(15)16-14(21-11)18-8-6-17(2)7-9-18/h10H,3-9,15H2,1-2H3. The molecule has 2 N–H and O–H groups in total. The predicted octanol–water partition coefficient (Wildman–Crippen LogP) is 1.10. The van der Waals surface area contributed by atoms with Crippen LogP contribution in [0.1, 0.15) is 29.4 Å². The molecular weight excluding hydrogens is 286 g/mol. The molecule has 7 heteroatoms. The van der Waals surface area contributed by atoms with Gasteiger partial charge in [0.1, 0.15) is 10.7 Å². The molecule has 2 fully saturated rings. The fourth-order valence-electron chi connectivity index (χ4n) is 2.69. The molecule has 0 spiro atoms. The number of piperazine rings is 1. The van der Waals surface area contributed by atoms with Crippen LogP contribution in [-0.4, -0.2) is 66.5 Å². The average molecular weight is 309 g/mol. The number of thiazole rings is 1. The molecule has 0 unspecified atom stereocenters. The Bertz CT molecular complexity index is 519. The first kappa shape index (κ1) is 14.6. The zero-order valence-corrected chi connectivity index (χ0v) is 13.5. The first-order valence-corrected chi connectivity index (χ1v) is 8.42. The van der Waals surface area contributed by atoms with Gasteiger partial charge in [0.2, 0.25) is 0 Å². The van der Waals surface area contributed by atoms with Crippen LogP contribution in [0.5, 0.6) is 0 Å². The first-order valence-electron chi connectivity index (χ1n) is 7.61. The summed E-state index contributed by atoms with van der Waals surface area (Å²) in [6, 6.07) is 0.413. The monoisotopic (exact) mass is 309 g/mol. The van der Waals surface area contributed by atoms with E-state index in [1.165, 1.54) is 11.3 Å². The van der Waals surface area contributed by atoms with Crippen molar-refractivity contribution in [2.45, 2.75) is 25.8 Å². The Morgan fingerprint density at radius 3 is 2.62 bits per heavy atom. The summed E-state index contributed by atoms with van der Waals surface area (Å²) in [6.45, 7) is 6.69. The molecule has 116 valence electrons. The molecule has 1 aliphatic carbocycles. The van der Waals surface area contributed by atoms with Gasteiger partial charge in [0, 0.05) is 38.8 Å². The summed E-state index contributed by atoms with van der Waals surface area (Å²) < 4.78 is 0. The molecule has 0 radical (unpaired) electrons. The van der Waals surface area contributed by atoms with Crippen molar-refractivity contribution in [3.8, 4) is 0 Å². The molecule has 3 rings (SSSR count). The van der Waals surface area contributed by atoms with Gasteiger partial charge < -0.3 is 20.4 Å². The van der Waals surface area contributed by atoms with E-state index in [0.717, 1.165) is 50.7 Å².